The van der Waals surface area contributed by atoms with E-state index >= 15 is 0 Å². The fourth-order valence-electron chi connectivity index (χ4n) is 5.44. The lowest BCUT2D eigenvalue weighted by Crippen LogP contribution is -2.24. The Hall–Kier alpha value is -4.25. The number of nitrogens with zero attached hydrogens (tertiary/aromatic N) is 1. The highest BCUT2D eigenvalue weighted by atomic mass is 16.5. The van der Waals surface area contributed by atoms with Gasteiger partial charge in [-0.2, -0.15) is 0 Å². The molecule has 1 aromatic heterocycles. The third kappa shape index (κ3) is 10.7. The number of hydrogen-bond acceptors (Lipinski definition) is 4. The van der Waals surface area contributed by atoms with E-state index in [0.717, 1.165) is 47.7 Å². The van der Waals surface area contributed by atoms with Crippen molar-refractivity contribution in [2.75, 3.05) is 6.61 Å². The summed E-state index contributed by atoms with van der Waals surface area (Å²) in [6, 6.07) is 26.0. The van der Waals surface area contributed by atoms with E-state index in [1.54, 1.807) is 0 Å². The molecule has 0 aliphatic carbocycles. The number of allylic oxidation sites excluding steroid dienone is 3. The summed E-state index contributed by atoms with van der Waals surface area (Å²) in [5, 5.41) is 0.844. The Morgan fingerprint density at radius 1 is 0.717 bits per heavy atom. The van der Waals surface area contributed by atoms with Gasteiger partial charge >= 0.3 is 0 Å². The highest BCUT2D eigenvalue weighted by Gasteiger charge is 2.21. The van der Waals surface area contributed by atoms with Crippen molar-refractivity contribution in [3.63, 3.8) is 0 Å². The average molecular weight is 622 g/mol. The van der Waals surface area contributed by atoms with Crippen LogP contribution in [-0.4, -0.2) is 11.2 Å². The van der Waals surface area contributed by atoms with E-state index in [1.807, 2.05) is 83.4 Å². The molecule has 244 valence electrons. The fraction of sp³-hybridized carbons (Fsp3) is 0.390. The summed E-state index contributed by atoms with van der Waals surface area (Å²) in [4.78, 5) is 14.3. The van der Waals surface area contributed by atoms with Crippen LogP contribution < -0.4 is 19.8 Å². The minimum atomic E-state index is -0.170. The van der Waals surface area contributed by atoms with E-state index in [9.17, 15) is 4.79 Å². The lowest BCUT2D eigenvalue weighted by molar-refractivity contribution is 0.270. The maximum atomic E-state index is 14.3. The van der Waals surface area contributed by atoms with Crippen molar-refractivity contribution < 1.29 is 14.2 Å². The second-order valence-electron chi connectivity index (χ2n) is 12.3. The van der Waals surface area contributed by atoms with Crippen molar-refractivity contribution in [1.29, 1.82) is 0 Å². The summed E-state index contributed by atoms with van der Waals surface area (Å²) < 4.78 is 20.8. The molecular weight excluding hydrogens is 570 g/mol. The summed E-state index contributed by atoms with van der Waals surface area (Å²) in [5.41, 5.74) is 5.29. The lowest BCUT2D eigenvalue weighted by Gasteiger charge is -2.19. The smallest absolute Gasteiger partial charge is 0.297 e. The zero-order valence-electron chi connectivity index (χ0n) is 28.2. The summed E-state index contributed by atoms with van der Waals surface area (Å²) in [7, 11) is 0. The number of fused-ring (bicyclic) bond motifs is 1. The van der Waals surface area contributed by atoms with Crippen LogP contribution in [0.5, 0.6) is 17.2 Å². The Morgan fingerprint density at radius 2 is 1.37 bits per heavy atom. The van der Waals surface area contributed by atoms with Crippen LogP contribution in [0.15, 0.2) is 107 Å². The second kappa shape index (κ2) is 18.7. The van der Waals surface area contributed by atoms with Gasteiger partial charge in [0.2, 0.25) is 5.75 Å². The molecule has 4 rings (SSSR count). The van der Waals surface area contributed by atoms with Crippen molar-refractivity contribution in [2.24, 2.45) is 0 Å². The summed E-state index contributed by atoms with van der Waals surface area (Å²) >= 11 is 0. The van der Waals surface area contributed by atoms with Gasteiger partial charge in [0.05, 0.1) is 5.52 Å². The van der Waals surface area contributed by atoms with E-state index in [4.69, 9.17) is 14.2 Å². The molecule has 0 aliphatic rings. The van der Waals surface area contributed by atoms with Crippen LogP contribution >= 0.6 is 0 Å². The Kier molecular flexibility index (Phi) is 14.0. The molecule has 0 aliphatic heterocycles. The molecule has 0 N–H and O–H groups in total. The van der Waals surface area contributed by atoms with Gasteiger partial charge in [0.1, 0.15) is 25.6 Å². The monoisotopic (exact) mass is 621 g/mol. The van der Waals surface area contributed by atoms with Crippen molar-refractivity contribution in [2.45, 2.75) is 98.8 Å². The zero-order chi connectivity index (χ0) is 32.6. The first-order chi connectivity index (χ1) is 22.5. The maximum absolute atomic E-state index is 14.3. The molecule has 5 nitrogen and oxygen atoms in total. The normalized spacial score (nSPS) is 11.4. The first-order valence-electron chi connectivity index (χ1n) is 16.9. The maximum Gasteiger partial charge on any atom is 0.297 e. The van der Waals surface area contributed by atoms with Gasteiger partial charge in [-0.25, -0.2) is 0 Å². The first kappa shape index (κ1) is 34.6. The number of ether oxygens (including phenoxy) is 3. The van der Waals surface area contributed by atoms with Gasteiger partial charge < -0.3 is 18.8 Å². The second-order valence-corrected chi connectivity index (χ2v) is 12.3. The van der Waals surface area contributed by atoms with Crippen LogP contribution in [-0.2, 0) is 19.8 Å². The van der Waals surface area contributed by atoms with Crippen LogP contribution in [0.25, 0.3) is 10.9 Å². The Bertz CT molecular complexity index is 1620. The first-order valence-corrected chi connectivity index (χ1v) is 16.9. The molecule has 0 bridgehead atoms. The zero-order valence-corrected chi connectivity index (χ0v) is 28.2. The number of hydrogen-bond donors (Lipinski definition) is 0. The van der Waals surface area contributed by atoms with Gasteiger partial charge in [0.25, 0.3) is 5.56 Å². The molecule has 0 saturated heterocycles. The summed E-state index contributed by atoms with van der Waals surface area (Å²) in [6.45, 7) is 10.3. The predicted octanol–water partition coefficient (Wildman–Crippen LogP) is 10.6. The van der Waals surface area contributed by atoms with E-state index < -0.39 is 0 Å². The van der Waals surface area contributed by atoms with Crippen molar-refractivity contribution in [3.8, 4) is 17.2 Å². The molecule has 0 spiro atoms. The van der Waals surface area contributed by atoms with E-state index in [-0.39, 0.29) is 17.9 Å². The molecule has 0 unspecified atom stereocenters. The predicted molar refractivity (Wildman–Crippen MR) is 191 cm³/mol. The molecule has 0 amide bonds. The van der Waals surface area contributed by atoms with Gasteiger partial charge in [0.15, 0.2) is 5.75 Å². The molecular formula is C41H51NO4. The summed E-state index contributed by atoms with van der Waals surface area (Å²) in [5.74, 6) is 1.46. The van der Waals surface area contributed by atoms with Gasteiger partial charge in [-0.1, -0.05) is 117 Å². The van der Waals surface area contributed by atoms with Gasteiger partial charge in [-0.15, -0.1) is 0 Å². The van der Waals surface area contributed by atoms with Gasteiger partial charge in [0, 0.05) is 18.0 Å². The third-order valence-corrected chi connectivity index (χ3v) is 8.11. The van der Waals surface area contributed by atoms with E-state index in [2.05, 4.69) is 39.8 Å². The largest absolute Gasteiger partial charge is 0.489 e. The SMILES string of the molecule is CCCCCCCCn1c(=O)c(OCc2ccccc2)c(OC/C=C(\C)CCC=C(C)C)c2ccc(OCc3ccccc3)cc21. The molecule has 46 heavy (non-hydrogen) atoms. The number of unbranched alkanes of at least 4 members (excludes halogenated alkanes) is 5. The molecule has 1 heterocycles. The summed E-state index contributed by atoms with van der Waals surface area (Å²) in [6.07, 6.45) is 13.2. The number of aromatic nitrogens is 1. The van der Waals surface area contributed by atoms with Crippen LogP contribution in [0.3, 0.4) is 0 Å². The van der Waals surface area contributed by atoms with Crippen molar-refractivity contribution >= 4 is 10.9 Å². The van der Waals surface area contributed by atoms with Gasteiger partial charge in [-0.3, -0.25) is 4.79 Å². The van der Waals surface area contributed by atoms with Crippen LogP contribution in [0.1, 0.15) is 90.2 Å². The Morgan fingerprint density at radius 3 is 2.04 bits per heavy atom. The van der Waals surface area contributed by atoms with E-state index in [1.165, 1.54) is 36.8 Å². The van der Waals surface area contributed by atoms with Crippen LogP contribution in [0.4, 0.5) is 0 Å². The Labute approximate surface area is 275 Å². The molecule has 4 aromatic rings. The number of pyridine rings is 1. The van der Waals surface area contributed by atoms with E-state index in [0.29, 0.717) is 31.3 Å². The van der Waals surface area contributed by atoms with Gasteiger partial charge in [-0.05, 0) is 69.4 Å². The molecule has 3 aromatic carbocycles. The van der Waals surface area contributed by atoms with Crippen molar-refractivity contribution in [1.82, 2.24) is 4.57 Å². The average Bonchev–Trinajstić information content (AvgIpc) is 3.06. The molecule has 5 heteroatoms. The van der Waals surface area contributed by atoms with Crippen molar-refractivity contribution in [3.05, 3.63) is 124 Å². The van der Waals surface area contributed by atoms with Crippen LogP contribution in [0.2, 0.25) is 0 Å². The Balaban J connectivity index is 1.69. The minimum absolute atomic E-state index is 0.170. The molecule has 0 radical (unpaired) electrons. The third-order valence-electron chi connectivity index (χ3n) is 8.11. The minimum Gasteiger partial charge on any atom is -0.489 e. The number of aryl methyl sites for hydroxylation is 1. The van der Waals surface area contributed by atoms with Crippen LogP contribution in [0, 0.1) is 0 Å². The number of rotatable bonds is 19. The fourth-order valence-corrected chi connectivity index (χ4v) is 5.44. The molecule has 0 fully saturated rings. The highest BCUT2D eigenvalue weighted by molar-refractivity contribution is 5.89. The quantitative estimate of drug-likeness (QED) is 0.0772. The molecule has 0 atom stereocenters. The number of benzene rings is 3. The topological polar surface area (TPSA) is 49.7 Å². The lowest BCUT2D eigenvalue weighted by atomic mass is 10.1. The molecule has 0 saturated carbocycles. The standard InChI is InChI=1S/C41H51NO4/c1-5-6-7-8-9-16-27-42-38-29-36(45-30-34-20-12-10-13-21-34)24-25-37(38)39(44-28-26-33(4)19-17-18-32(2)3)40(41(42)43)46-31-35-22-14-11-15-23-35/h10-15,18,20-26,29H,5-9,16-17,19,27-28,30-31H2,1-4H3/b33-26+. The highest BCUT2D eigenvalue weighted by Crippen LogP contribution is 2.36.